The molecule has 0 saturated heterocycles. The summed E-state index contributed by atoms with van der Waals surface area (Å²) in [5.41, 5.74) is 1.28. The molecule has 0 N–H and O–H groups in total. The molecule has 28 heavy (non-hydrogen) atoms. The van der Waals surface area contributed by atoms with Gasteiger partial charge in [-0.15, -0.1) is 11.3 Å². The van der Waals surface area contributed by atoms with E-state index in [1.54, 1.807) is 6.20 Å². The van der Waals surface area contributed by atoms with Gasteiger partial charge in [-0.05, 0) is 45.3 Å². The minimum atomic E-state index is -1.02. The molecular weight excluding hydrogens is 380 g/mol. The second-order valence-electron chi connectivity index (χ2n) is 6.99. The summed E-state index contributed by atoms with van der Waals surface area (Å²) in [5, 5.41) is 0.750. The molecule has 4 aromatic rings. The lowest BCUT2D eigenvalue weighted by Gasteiger charge is -2.15. The van der Waals surface area contributed by atoms with Crippen molar-refractivity contribution in [2.75, 3.05) is 20.6 Å². The average Bonchev–Trinajstić information content (AvgIpc) is 3.09. The Bertz CT molecular complexity index is 1200. The van der Waals surface area contributed by atoms with Gasteiger partial charge in [-0.25, -0.2) is 13.8 Å². The van der Waals surface area contributed by atoms with Crippen molar-refractivity contribution in [3.8, 4) is 10.6 Å². The van der Waals surface area contributed by atoms with Crippen LogP contribution in [0.1, 0.15) is 6.42 Å². The van der Waals surface area contributed by atoms with Crippen LogP contribution in [0.25, 0.3) is 31.7 Å². The zero-order valence-corrected chi connectivity index (χ0v) is 16.4. The van der Waals surface area contributed by atoms with Gasteiger partial charge in [0.2, 0.25) is 0 Å². The summed E-state index contributed by atoms with van der Waals surface area (Å²) in [6.07, 6.45) is 2.53. The number of nitrogens with zero attached hydrogens (tertiary/aromatic N) is 3. The van der Waals surface area contributed by atoms with Crippen LogP contribution in [0.3, 0.4) is 0 Å². The molecule has 4 rings (SSSR count). The monoisotopic (exact) mass is 399 g/mol. The van der Waals surface area contributed by atoms with E-state index in [-0.39, 0.29) is 10.8 Å². The maximum Gasteiger partial charge on any atom is 0.199 e. The number of aromatic nitrogens is 2. The van der Waals surface area contributed by atoms with E-state index in [9.17, 15) is 13.6 Å². The number of aryl methyl sites for hydroxylation is 1. The topological polar surface area (TPSA) is 38.1 Å². The highest BCUT2D eigenvalue weighted by atomic mass is 32.1. The van der Waals surface area contributed by atoms with Gasteiger partial charge in [0.15, 0.2) is 17.1 Å². The fourth-order valence-electron chi connectivity index (χ4n) is 3.27. The van der Waals surface area contributed by atoms with Crippen molar-refractivity contribution in [2.45, 2.75) is 13.0 Å². The van der Waals surface area contributed by atoms with Gasteiger partial charge in [-0.1, -0.05) is 12.1 Å². The van der Waals surface area contributed by atoms with Crippen molar-refractivity contribution in [3.63, 3.8) is 0 Å². The number of thiazole rings is 1. The van der Waals surface area contributed by atoms with Crippen molar-refractivity contribution in [3.05, 3.63) is 64.5 Å². The van der Waals surface area contributed by atoms with Crippen molar-refractivity contribution >= 4 is 32.5 Å². The lowest BCUT2D eigenvalue weighted by Crippen LogP contribution is -2.17. The van der Waals surface area contributed by atoms with Gasteiger partial charge in [0, 0.05) is 24.2 Å². The largest absolute Gasteiger partial charge is 0.346 e. The lowest BCUT2D eigenvalue weighted by atomic mass is 10.1. The first-order chi connectivity index (χ1) is 13.4. The first-order valence-corrected chi connectivity index (χ1v) is 9.78. The highest BCUT2D eigenvalue weighted by Gasteiger charge is 2.17. The van der Waals surface area contributed by atoms with Gasteiger partial charge in [-0.3, -0.25) is 4.79 Å². The molecule has 0 aliphatic carbocycles. The van der Waals surface area contributed by atoms with Crippen molar-refractivity contribution in [1.29, 1.82) is 0 Å². The zero-order valence-electron chi connectivity index (χ0n) is 15.6. The minimum absolute atomic E-state index is 0.167. The number of hydrogen-bond donors (Lipinski definition) is 0. The summed E-state index contributed by atoms with van der Waals surface area (Å²) in [4.78, 5) is 19.7. The predicted molar refractivity (Wildman–Crippen MR) is 110 cm³/mol. The van der Waals surface area contributed by atoms with Crippen LogP contribution in [-0.2, 0) is 6.54 Å². The number of pyridine rings is 1. The van der Waals surface area contributed by atoms with E-state index < -0.39 is 11.6 Å². The van der Waals surface area contributed by atoms with Gasteiger partial charge in [-0.2, -0.15) is 0 Å². The molecule has 0 bridgehead atoms. The van der Waals surface area contributed by atoms with Crippen LogP contribution in [0, 0.1) is 11.6 Å². The van der Waals surface area contributed by atoms with Gasteiger partial charge < -0.3 is 9.47 Å². The summed E-state index contributed by atoms with van der Waals surface area (Å²) < 4.78 is 30.5. The fraction of sp³-hybridized carbons (Fsp3) is 0.238. The summed E-state index contributed by atoms with van der Waals surface area (Å²) in [7, 11) is 3.95. The third kappa shape index (κ3) is 3.43. The third-order valence-corrected chi connectivity index (χ3v) is 5.72. The minimum Gasteiger partial charge on any atom is -0.346 e. The molecule has 0 unspecified atom stereocenters. The molecule has 144 valence electrons. The molecule has 0 fully saturated rings. The van der Waals surface area contributed by atoms with E-state index in [1.165, 1.54) is 11.3 Å². The molecule has 2 aromatic heterocycles. The molecule has 0 spiro atoms. The summed E-state index contributed by atoms with van der Waals surface area (Å²) in [5.74, 6) is -1.98. The SMILES string of the molecule is CN(C)CCCn1cc(-c2nc3ccccc3s2)c(=O)c2cc(F)c(F)cc21. The average molecular weight is 399 g/mol. The maximum absolute atomic E-state index is 13.9. The Morgan fingerprint density at radius 2 is 1.89 bits per heavy atom. The molecule has 0 radical (unpaired) electrons. The molecule has 2 aromatic carbocycles. The molecule has 0 atom stereocenters. The number of fused-ring (bicyclic) bond motifs is 2. The van der Waals surface area contributed by atoms with Crippen LogP contribution in [0.4, 0.5) is 8.78 Å². The normalized spacial score (nSPS) is 11.8. The van der Waals surface area contributed by atoms with Crippen molar-refractivity contribution in [1.82, 2.24) is 14.5 Å². The standard InChI is InChI=1S/C21H19F2N3OS/c1-25(2)8-5-9-26-12-14(21-24-17-6-3-4-7-19(17)28-21)20(27)13-10-15(22)16(23)11-18(13)26/h3-4,6-7,10-12H,5,8-9H2,1-2H3. The molecule has 0 aliphatic heterocycles. The molecule has 2 heterocycles. The molecular formula is C21H19F2N3OS. The number of para-hydroxylation sites is 1. The highest BCUT2D eigenvalue weighted by Crippen LogP contribution is 2.29. The number of halogens is 2. The number of benzene rings is 2. The lowest BCUT2D eigenvalue weighted by molar-refractivity contribution is 0.387. The second-order valence-corrected chi connectivity index (χ2v) is 8.02. The van der Waals surface area contributed by atoms with E-state index in [4.69, 9.17) is 0 Å². The quantitative estimate of drug-likeness (QED) is 0.496. The van der Waals surface area contributed by atoms with Gasteiger partial charge >= 0.3 is 0 Å². The van der Waals surface area contributed by atoms with Crippen LogP contribution < -0.4 is 5.43 Å². The fourth-order valence-corrected chi connectivity index (χ4v) is 4.24. The van der Waals surface area contributed by atoms with Gasteiger partial charge in [0.05, 0.1) is 21.3 Å². The van der Waals surface area contributed by atoms with Gasteiger partial charge in [0.25, 0.3) is 0 Å². The maximum atomic E-state index is 13.9. The van der Waals surface area contributed by atoms with E-state index in [2.05, 4.69) is 9.88 Å². The number of rotatable bonds is 5. The smallest absolute Gasteiger partial charge is 0.199 e. The van der Waals surface area contributed by atoms with Crippen LogP contribution in [-0.4, -0.2) is 35.1 Å². The van der Waals surface area contributed by atoms with E-state index in [0.29, 0.717) is 22.6 Å². The molecule has 0 saturated carbocycles. The zero-order chi connectivity index (χ0) is 19.8. The van der Waals surface area contributed by atoms with E-state index in [0.717, 1.165) is 35.3 Å². The Kier molecular flexibility index (Phi) is 4.95. The van der Waals surface area contributed by atoms with Crippen LogP contribution in [0.15, 0.2) is 47.4 Å². The highest BCUT2D eigenvalue weighted by molar-refractivity contribution is 7.21. The van der Waals surface area contributed by atoms with Crippen molar-refractivity contribution in [2.24, 2.45) is 0 Å². The van der Waals surface area contributed by atoms with Gasteiger partial charge in [0.1, 0.15) is 5.01 Å². The Morgan fingerprint density at radius 1 is 1.14 bits per heavy atom. The number of hydrogen-bond acceptors (Lipinski definition) is 4. The molecule has 7 heteroatoms. The Hall–Kier alpha value is -2.64. The predicted octanol–water partition coefficient (Wildman–Crippen LogP) is 4.51. The Labute approximate surface area is 164 Å². The third-order valence-electron chi connectivity index (χ3n) is 4.65. The van der Waals surface area contributed by atoms with Crippen molar-refractivity contribution < 1.29 is 8.78 Å². The molecule has 0 aliphatic rings. The first-order valence-electron chi connectivity index (χ1n) is 8.97. The van der Waals surface area contributed by atoms with Crippen LogP contribution in [0.2, 0.25) is 0 Å². The summed E-state index contributed by atoms with van der Waals surface area (Å²) in [6.45, 7) is 1.42. The second kappa shape index (κ2) is 7.41. The summed E-state index contributed by atoms with van der Waals surface area (Å²) >= 11 is 1.42. The Balaban J connectivity index is 1.91. The molecule has 4 nitrogen and oxygen atoms in total. The summed E-state index contributed by atoms with van der Waals surface area (Å²) in [6, 6.07) is 9.74. The van der Waals surface area contributed by atoms with E-state index >= 15 is 0 Å². The van der Waals surface area contributed by atoms with Crippen LogP contribution in [0.5, 0.6) is 0 Å². The van der Waals surface area contributed by atoms with E-state index in [1.807, 2.05) is 42.9 Å². The van der Waals surface area contributed by atoms with Crippen LogP contribution >= 0.6 is 11.3 Å². The first kappa shape index (κ1) is 18.7. The molecule has 0 amide bonds. The Morgan fingerprint density at radius 3 is 2.64 bits per heavy atom.